The van der Waals surface area contributed by atoms with Crippen LogP contribution in [0.25, 0.3) is 5.69 Å². The van der Waals surface area contributed by atoms with Crippen LogP contribution in [0.15, 0.2) is 53.4 Å². The highest BCUT2D eigenvalue weighted by atomic mass is 32.2. The number of carbonyl (C=O) groups excluding carboxylic acids is 1. The minimum atomic E-state index is -5.01. The molecular formula is C19H15F4N5O3S. The SMILES string of the molecule is O=C(Nc1cccc(S(=O)(=O)NC2CC2)c1)c1nnn(-c2ccc(F)cc2)c1C(F)(F)F. The number of rotatable bonds is 6. The Hall–Kier alpha value is -3.32. The monoisotopic (exact) mass is 469 g/mol. The number of alkyl halides is 3. The molecule has 4 rings (SSSR count). The minimum Gasteiger partial charge on any atom is -0.320 e. The fourth-order valence-electron chi connectivity index (χ4n) is 2.87. The molecule has 0 unspecified atom stereocenters. The average Bonchev–Trinajstić information content (AvgIpc) is 3.39. The lowest BCUT2D eigenvalue weighted by molar-refractivity contribution is -0.143. The molecule has 1 heterocycles. The summed E-state index contributed by atoms with van der Waals surface area (Å²) < 4.78 is 81.8. The van der Waals surface area contributed by atoms with E-state index in [2.05, 4.69) is 20.4 Å². The summed E-state index contributed by atoms with van der Waals surface area (Å²) in [7, 11) is -3.83. The quantitative estimate of drug-likeness (QED) is 0.540. The van der Waals surface area contributed by atoms with Crippen molar-refractivity contribution >= 4 is 21.6 Å². The molecule has 0 radical (unpaired) electrons. The van der Waals surface area contributed by atoms with Gasteiger partial charge in [-0.25, -0.2) is 22.2 Å². The van der Waals surface area contributed by atoms with E-state index in [1.807, 2.05) is 0 Å². The van der Waals surface area contributed by atoms with Gasteiger partial charge in [-0.3, -0.25) is 4.79 Å². The first-order chi connectivity index (χ1) is 15.0. The number of hydrogen-bond donors (Lipinski definition) is 2. The van der Waals surface area contributed by atoms with E-state index in [-0.39, 0.29) is 22.3 Å². The van der Waals surface area contributed by atoms with Gasteiger partial charge in [0.25, 0.3) is 5.91 Å². The second-order valence-electron chi connectivity index (χ2n) is 7.05. The van der Waals surface area contributed by atoms with E-state index in [9.17, 15) is 30.8 Å². The van der Waals surface area contributed by atoms with Crippen molar-refractivity contribution < 1.29 is 30.8 Å². The van der Waals surface area contributed by atoms with Crippen LogP contribution in [0.3, 0.4) is 0 Å². The smallest absolute Gasteiger partial charge is 0.320 e. The van der Waals surface area contributed by atoms with Crippen LogP contribution in [0.5, 0.6) is 0 Å². The fraction of sp³-hybridized carbons (Fsp3) is 0.211. The molecule has 0 bridgehead atoms. The van der Waals surface area contributed by atoms with Gasteiger partial charge in [-0.2, -0.15) is 13.2 Å². The molecule has 8 nitrogen and oxygen atoms in total. The Balaban J connectivity index is 1.64. The summed E-state index contributed by atoms with van der Waals surface area (Å²) in [5.74, 6) is -1.90. The molecule has 1 aromatic heterocycles. The molecule has 1 amide bonds. The summed E-state index contributed by atoms with van der Waals surface area (Å²) in [6, 6.07) is 8.95. The molecule has 3 aromatic rings. The Morgan fingerprint density at radius 1 is 1.09 bits per heavy atom. The molecule has 0 saturated heterocycles. The zero-order chi connectivity index (χ0) is 23.1. The summed E-state index contributed by atoms with van der Waals surface area (Å²) in [4.78, 5) is 12.4. The minimum absolute atomic E-state index is 0.0434. The van der Waals surface area contributed by atoms with Crippen LogP contribution in [-0.2, 0) is 16.2 Å². The lowest BCUT2D eigenvalue weighted by atomic mass is 10.2. The van der Waals surface area contributed by atoms with Crippen molar-refractivity contribution in [3.05, 3.63) is 65.7 Å². The Kier molecular flexibility index (Phi) is 5.46. The second kappa shape index (κ2) is 7.98. The third kappa shape index (κ3) is 4.62. The van der Waals surface area contributed by atoms with Crippen LogP contribution in [-0.4, -0.2) is 35.4 Å². The number of hydrogen-bond acceptors (Lipinski definition) is 5. The van der Waals surface area contributed by atoms with Gasteiger partial charge in [0, 0.05) is 11.7 Å². The Morgan fingerprint density at radius 2 is 1.78 bits per heavy atom. The first-order valence-electron chi connectivity index (χ1n) is 9.27. The Labute approximate surface area is 179 Å². The molecule has 1 aliphatic rings. The van der Waals surface area contributed by atoms with E-state index >= 15 is 0 Å². The molecule has 0 aliphatic heterocycles. The van der Waals surface area contributed by atoms with Crippen LogP contribution in [0.4, 0.5) is 23.2 Å². The zero-order valence-electron chi connectivity index (χ0n) is 16.1. The van der Waals surface area contributed by atoms with Crippen molar-refractivity contribution in [2.75, 3.05) is 5.32 Å². The summed E-state index contributed by atoms with van der Waals surface area (Å²) in [5.41, 5.74) is -2.67. The maximum Gasteiger partial charge on any atom is 0.435 e. The maximum absolute atomic E-state index is 13.7. The van der Waals surface area contributed by atoms with Gasteiger partial charge in [0.1, 0.15) is 5.82 Å². The zero-order valence-corrected chi connectivity index (χ0v) is 16.9. The van der Waals surface area contributed by atoms with Crippen molar-refractivity contribution in [2.24, 2.45) is 0 Å². The molecule has 1 saturated carbocycles. The summed E-state index contributed by atoms with van der Waals surface area (Å²) in [5, 5.41) is 8.97. The van der Waals surface area contributed by atoms with Crippen molar-refractivity contribution in [1.82, 2.24) is 19.7 Å². The third-order valence-electron chi connectivity index (χ3n) is 4.53. The van der Waals surface area contributed by atoms with Gasteiger partial charge in [0.05, 0.1) is 10.6 Å². The number of nitrogens with zero attached hydrogens (tertiary/aromatic N) is 3. The highest BCUT2D eigenvalue weighted by molar-refractivity contribution is 7.89. The van der Waals surface area contributed by atoms with Crippen LogP contribution in [0.2, 0.25) is 0 Å². The van der Waals surface area contributed by atoms with E-state index in [1.54, 1.807) is 0 Å². The maximum atomic E-state index is 13.7. The van der Waals surface area contributed by atoms with Crippen LogP contribution >= 0.6 is 0 Å². The Morgan fingerprint density at radius 3 is 2.41 bits per heavy atom. The van der Waals surface area contributed by atoms with E-state index in [1.165, 1.54) is 18.2 Å². The van der Waals surface area contributed by atoms with Gasteiger partial charge in [-0.1, -0.05) is 11.3 Å². The number of halogens is 4. The molecular weight excluding hydrogens is 454 g/mol. The summed E-state index contributed by atoms with van der Waals surface area (Å²) >= 11 is 0. The van der Waals surface area contributed by atoms with Crippen molar-refractivity contribution in [3.8, 4) is 5.69 Å². The molecule has 1 aliphatic carbocycles. The second-order valence-corrected chi connectivity index (χ2v) is 8.76. The Bertz CT molecular complexity index is 1270. The van der Waals surface area contributed by atoms with Gasteiger partial charge in [0.15, 0.2) is 11.4 Å². The van der Waals surface area contributed by atoms with Gasteiger partial charge < -0.3 is 5.32 Å². The average molecular weight is 469 g/mol. The first kappa shape index (κ1) is 21.9. The van der Waals surface area contributed by atoms with Gasteiger partial charge >= 0.3 is 6.18 Å². The summed E-state index contributed by atoms with van der Waals surface area (Å²) in [6.07, 6.45) is -3.57. The molecule has 0 spiro atoms. The standard InChI is InChI=1S/C19H15F4N5O3S/c20-11-4-8-14(9-5-11)28-17(19(21,22)23)16(25-27-28)18(29)24-13-2-1-3-15(10-13)32(30,31)26-12-6-7-12/h1-5,8-10,12,26H,6-7H2,(H,24,29). The normalized spacial score (nSPS) is 14.4. The molecule has 32 heavy (non-hydrogen) atoms. The topological polar surface area (TPSA) is 106 Å². The van der Waals surface area contributed by atoms with Crippen molar-refractivity contribution in [2.45, 2.75) is 30.0 Å². The largest absolute Gasteiger partial charge is 0.435 e. The molecule has 13 heteroatoms. The van der Waals surface area contributed by atoms with Gasteiger partial charge in [-0.15, -0.1) is 5.10 Å². The third-order valence-corrected chi connectivity index (χ3v) is 6.04. The predicted molar refractivity (Wildman–Crippen MR) is 104 cm³/mol. The molecule has 0 atom stereocenters. The van der Waals surface area contributed by atoms with Crippen molar-refractivity contribution in [3.63, 3.8) is 0 Å². The predicted octanol–water partition coefficient (Wildman–Crippen LogP) is 3.12. The number of carbonyl (C=O) groups is 1. The number of benzene rings is 2. The number of sulfonamides is 1. The number of amides is 1. The van der Waals surface area contributed by atoms with Gasteiger partial charge in [0.2, 0.25) is 10.0 Å². The van der Waals surface area contributed by atoms with Crippen LogP contribution in [0.1, 0.15) is 29.0 Å². The molecule has 2 N–H and O–H groups in total. The van der Waals surface area contributed by atoms with E-state index in [0.717, 1.165) is 43.2 Å². The van der Waals surface area contributed by atoms with Crippen LogP contribution < -0.4 is 10.0 Å². The van der Waals surface area contributed by atoms with E-state index < -0.39 is 39.3 Å². The van der Waals surface area contributed by atoms with Crippen molar-refractivity contribution in [1.29, 1.82) is 0 Å². The first-order valence-corrected chi connectivity index (χ1v) is 10.8. The fourth-order valence-corrected chi connectivity index (χ4v) is 4.22. The summed E-state index contributed by atoms with van der Waals surface area (Å²) in [6.45, 7) is 0. The lowest BCUT2D eigenvalue weighted by Gasteiger charge is -2.12. The molecule has 168 valence electrons. The number of anilines is 1. The van der Waals surface area contributed by atoms with Crippen LogP contribution in [0, 0.1) is 5.82 Å². The molecule has 2 aromatic carbocycles. The number of aromatic nitrogens is 3. The highest BCUT2D eigenvalue weighted by Crippen LogP contribution is 2.33. The van der Waals surface area contributed by atoms with E-state index in [4.69, 9.17) is 0 Å². The van der Waals surface area contributed by atoms with Gasteiger partial charge in [-0.05, 0) is 55.3 Å². The molecule has 1 fully saturated rings. The lowest BCUT2D eigenvalue weighted by Crippen LogP contribution is -2.26. The number of nitrogens with one attached hydrogen (secondary N) is 2. The highest BCUT2D eigenvalue weighted by Gasteiger charge is 2.42. The van der Waals surface area contributed by atoms with E-state index in [0.29, 0.717) is 4.68 Å².